The van der Waals surface area contributed by atoms with E-state index in [-0.39, 0.29) is 0 Å². The topological polar surface area (TPSA) is 65.0 Å². The molecule has 0 amide bonds. The van der Waals surface area contributed by atoms with Crippen LogP contribution in [0.3, 0.4) is 0 Å². The average molecular weight is 748 g/mol. The number of furan rings is 2. The maximum Gasteiger partial charge on any atom is 0.179 e. The first-order chi connectivity index (χ1) is 28.3. The normalized spacial score (nSPS) is 11.9. The molecule has 6 heteroatoms. The van der Waals surface area contributed by atoms with E-state index in [0.29, 0.717) is 17.5 Å². The molecular weight excluding hydrogens is 715 g/mol. The summed E-state index contributed by atoms with van der Waals surface area (Å²) in [5.74, 6) is 1.61. The fraction of sp³-hybridized carbons (Fsp3) is 0. The molecule has 3 aromatic heterocycles. The second-order valence-electron chi connectivity index (χ2n) is 14.3. The minimum atomic E-state index is -2.83. The maximum absolute atomic E-state index is 6.54. The Morgan fingerprint density at radius 2 is 0.702 bits per heavy atom. The van der Waals surface area contributed by atoms with E-state index in [4.69, 9.17) is 23.8 Å². The van der Waals surface area contributed by atoms with Crippen LogP contribution < -0.4 is 20.7 Å². The molecule has 268 valence electrons. The van der Waals surface area contributed by atoms with Gasteiger partial charge in [0, 0.05) is 27.1 Å². The number of hydrogen-bond acceptors (Lipinski definition) is 5. The summed E-state index contributed by atoms with van der Waals surface area (Å²) in [5, 5.41) is 9.24. The van der Waals surface area contributed by atoms with Crippen molar-refractivity contribution in [3.63, 3.8) is 0 Å². The average Bonchev–Trinajstić information content (AvgIpc) is 3.87. The predicted molar refractivity (Wildman–Crippen MR) is 234 cm³/mol. The minimum absolute atomic E-state index is 0.524. The van der Waals surface area contributed by atoms with Gasteiger partial charge in [-0.2, -0.15) is 0 Å². The van der Waals surface area contributed by atoms with Crippen LogP contribution in [0.2, 0.25) is 0 Å². The second kappa shape index (κ2) is 13.4. The lowest BCUT2D eigenvalue weighted by Gasteiger charge is -2.34. The first-order valence-electron chi connectivity index (χ1n) is 19.1. The van der Waals surface area contributed by atoms with Crippen LogP contribution in [0.4, 0.5) is 0 Å². The van der Waals surface area contributed by atoms with Gasteiger partial charge in [-0.05, 0) is 45.0 Å². The van der Waals surface area contributed by atoms with Crippen LogP contribution in [-0.2, 0) is 0 Å². The zero-order valence-corrected chi connectivity index (χ0v) is 31.7. The number of fused-ring (bicyclic) bond motifs is 6. The van der Waals surface area contributed by atoms with E-state index in [0.717, 1.165) is 60.6 Å². The van der Waals surface area contributed by atoms with Gasteiger partial charge < -0.3 is 8.83 Å². The van der Waals surface area contributed by atoms with Crippen molar-refractivity contribution >= 4 is 72.7 Å². The van der Waals surface area contributed by atoms with Crippen molar-refractivity contribution in [1.29, 1.82) is 0 Å². The number of aromatic nitrogens is 3. The fourth-order valence-electron chi connectivity index (χ4n) is 8.55. The van der Waals surface area contributed by atoms with Crippen molar-refractivity contribution in [3.05, 3.63) is 200 Å². The molecule has 0 saturated carbocycles. The molecule has 11 aromatic rings. The molecule has 0 spiro atoms. The fourth-order valence-corrected chi connectivity index (χ4v) is 13.3. The van der Waals surface area contributed by atoms with Crippen LogP contribution in [0.25, 0.3) is 78.0 Å². The molecule has 5 nitrogen and oxygen atoms in total. The van der Waals surface area contributed by atoms with Gasteiger partial charge >= 0.3 is 0 Å². The Morgan fingerprint density at radius 1 is 0.316 bits per heavy atom. The quantitative estimate of drug-likeness (QED) is 0.120. The van der Waals surface area contributed by atoms with Gasteiger partial charge in [0.1, 0.15) is 22.3 Å². The standard InChI is InChI=1S/C51H33N3O2Si/c1-4-18-35(19-5-1)57(36-20-6-2-7-21-36,37-22-8-3-9-23-37)38-24-14-17-34(33-38)49-52-50(43-29-15-27-41-39-25-10-12-31-45(39)55-47(41)43)54-51(53-49)44-30-16-28-42-40-26-11-13-32-46(40)56-48(42)44/h1-33H. The lowest BCUT2D eigenvalue weighted by atomic mass is 10.1. The third kappa shape index (κ3) is 5.34. The molecule has 3 heterocycles. The number of rotatable bonds is 7. The van der Waals surface area contributed by atoms with Crippen molar-refractivity contribution in [2.75, 3.05) is 0 Å². The smallest absolute Gasteiger partial charge is 0.179 e. The summed E-state index contributed by atoms with van der Waals surface area (Å²) in [7, 11) is -2.83. The number of benzene rings is 8. The highest BCUT2D eigenvalue weighted by molar-refractivity contribution is 7.19. The summed E-state index contributed by atoms with van der Waals surface area (Å²) >= 11 is 0. The zero-order valence-electron chi connectivity index (χ0n) is 30.7. The molecule has 57 heavy (non-hydrogen) atoms. The molecule has 0 N–H and O–H groups in total. The molecule has 0 unspecified atom stereocenters. The molecule has 8 aromatic carbocycles. The van der Waals surface area contributed by atoms with Crippen LogP contribution >= 0.6 is 0 Å². The molecule has 0 fully saturated rings. The zero-order chi connectivity index (χ0) is 37.8. The Balaban J connectivity index is 1.18. The summed E-state index contributed by atoms with van der Waals surface area (Å²) in [6, 6.07) is 70.2. The first kappa shape index (κ1) is 33.0. The highest BCUT2D eigenvalue weighted by Crippen LogP contribution is 2.38. The van der Waals surface area contributed by atoms with E-state index < -0.39 is 8.07 Å². The lowest BCUT2D eigenvalue weighted by Crippen LogP contribution is -2.74. The highest BCUT2D eigenvalue weighted by Gasteiger charge is 2.41. The summed E-state index contributed by atoms with van der Waals surface area (Å²) < 4.78 is 13.1. The minimum Gasteiger partial charge on any atom is -0.455 e. The molecule has 0 atom stereocenters. The van der Waals surface area contributed by atoms with Crippen LogP contribution in [0, 0.1) is 0 Å². The third-order valence-electron chi connectivity index (χ3n) is 11.1. The van der Waals surface area contributed by atoms with Gasteiger partial charge in [-0.3, -0.25) is 0 Å². The molecule has 0 saturated heterocycles. The van der Waals surface area contributed by atoms with Gasteiger partial charge in [-0.25, -0.2) is 15.0 Å². The molecule has 0 aliphatic rings. The van der Waals surface area contributed by atoms with Gasteiger partial charge in [0.05, 0.1) is 11.1 Å². The van der Waals surface area contributed by atoms with Gasteiger partial charge in [0.25, 0.3) is 0 Å². The van der Waals surface area contributed by atoms with Crippen molar-refractivity contribution in [2.24, 2.45) is 0 Å². The van der Waals surface area contributed by atoms with Gasteiger partial charge in [0.2, 0.25) is 0 Å². The van der Waals surface area contributed by atoms with Gasteiger partial charge in [-0.15, -0.1) is 0 Å². The third-order valence-corrected chi connectivity index (χ3v) is 15.9. The summed E-state index contributed by atoms with van der Waals surface area (Å²) in [6.07, 6.45) is 0. The molecule has 11 rings (SSSR count). The summed E-state index contributed by atoms with van der Waals surface area (Å²) in [4.78, 5) is 15.8. The van der Waals surface area contributed by atoms with Crippen LogP contribution in [-0.4, -0.2) is 23.0 Å². The number of para-hydroxylation sites is 4. The Bertz CT molecular complexity index is 3020. The number of nitrogens with zero attached hydrogens (tertiary/aromatic N) is 3. The van der Waals surface area contributed by atoms with E-state index in [1.165, 1.54) is 20.7 Å². The van der Waals surface area contributed by atoms with Crippen LogP contribution in [0.5, 0.6) is 0 Å². The molecule has 0 aliphatic heterocycles. The first-order valence-corrected chi connectivity index (χ1v) is 21.1. The van der Waals surface area contributed by atoms with Crippen molar-refractivity contribution in [1.82, 2.24) is 15.0 Å². The van der Waals surface area contributed by atoms with E-state index in [2.05, 4.69) is 140 Å². The number of hydrogen-bond donors (Lipinski definition) is 0. The Labute approximate surface area is 329 Å². The summed E-state index contributed by atoms with van der Waals surface area (Å²) in [5.41, 5.74) is 5.59. The monoisotopic (exact) mass is 747 g/mol. The summed E-state index contributed by atoms with van der Waals surface area (Å²) in [6.45, 7) is 0. The van der Waals surface area contributed by atoms with Crippen molar-refractivity contribution in [3.8, 4) is 34.2 Å². The van der Waals surface area contributed by atoms with Crippen LogP contribution in [0.1, 0.15) is 0 Å². The second-order valence-corrected chi connectivity index (χ2v) is 18.1. The van der Waals surface area contributed by atoms with E-state index in [9.17, 15) is 0 Å². The Morgan fingerprint density at radius 3 is 1.19 bits per heavy atom. The largest absolute Gasteiger partial charge is 0.455 e. The molecule has 0 bridgehead atoms. The van der Waals surface area contributed by atoms with Gasteiger partial charge in [0.15, 0.2) is 25.5 Å². The van der Waals surface area contributed by atoms with Crippen molar-refractivity contribution < 1.29 is 8.83 Å². The Hall–Kier alpha value is -7.41. The SMILES string of the molecule is c1ccc([Si](c2ccccc2)(c2ccccc2)c2cccc(-c3nc(-c4cccc5c4oc4ccccc45)nc(-c4cccc5c4oc4ccccc45)n3)c2)cc1. The lowest BCUT2D eigenvalue weighted by molar-refractivity contribution is 0.669. The highest BCUT2D eigenvalue weighted by atomic mass is 28.3. The van der Waals surface area contributed by atoms with Gasteiger partial charge in [-0.1, -0.05) is 176 Å². The maximum atomic E-state index is 6.54. The molecular formula is C51H33N3O2Si. The van der Waals surface area contributed by atoms with Crippen LogP contribution in [0.15, 0.2) is 209 Å². The Kier molecular flexibility index (Phi) is 7.76. The molecule has 0 aliphatic carbocycles. The van der Waals surface area contributed by atoms with E-state index in [1.54, 1.807) is 0 Å². The van der Waals surface area contributed by atoms with Crippen molar-refractivity contribution in [2.45, 2.75) is 0 Å². The van der Waals surface area contributed by atoms with E-state index in [1.807, 2.05) is 60.7 Å². The molecule has 0 radical (unpaired) electrons. The predicted octanol–water partition coefficient (Wildman–Crippen LogP) is 10.0. The van der Waals surface area contributed by atoms with E-state index >= 15 is 0 Å².